The number of hydrogen-bond donors (Lipinski definition) is 2. The summed E-state index contributed by atoms with van der Waals surface area (Å²) in [6.07, 6.45) is 1.14. The van der Waals surface area contributed by atoms with Gasteiger partial charge in [0.05, 0.1) is 19.3 Å². The quantitative estimate of drug-likeness (QED) is 0.664. The second-order valence-electron chi connectivity index (χ2n) is 6.15. The summed E-state index contributed by atoms with van der Waals surface area (Å²) >= 11 is 0. The number of nitrogens with zero attached hydrogens (tertiary/aromatic N) is 2. The van der Waals surface area contributed by atoms with Crippen molar-refractivity contribution in [3.05, 3.63) is 36.1 Å². The minimum atomic E-state index is -0.172. The molecular formula is C19H26N4O4. The predicted octanol–water partition coefficient (Wildman–Crippen LogP) is 2.67. The molecular weight excluding hydrogens is 348 g/mol. The number of amides is 2. The monoisotopic (exact) mass is 374 g/mol. The fourth-order valence-electron chi connectivity index (χ4n) is 2.62. The summed E-state index contributed by atoms with van der Waals surface area (Å²) in [7, 11) is 1.56. The lowest BCUT2D eigenvalue weighted by atomic mass is 10.2. The normalized spacial score (nSPS) is 10.7. The van der Waals surface area contributed by atoms with Crippen molar-refractivity contribution in [2.24, 2.45) is 0 Å². The number of nitrogens with one attached hydrogen (secondary N) is 2. The number of ether oxygens (including phenoxy) is 1. The Morgan fingerprint density at radius 3 is 2.63 bits per heavy atom. The van der Waals surface area contributed by atoms with Crippen LogP contribution in [0.15, 0.2) is 34.9 Å². The number of anilines is 2. The minimum Gasteiger partial charge on any atom is -0.495 e. The van der Waals surface area contributed by atoms with E-state index in [2.05, 4.69) is 15.8 Å². The van der Waals surface area contributed by atoms with E-state index in [1.165, 1.54) is 0 Å². The van der Waals surface area contributed by atoms with E-state index in [9.17, 15) is 9.59 Å². The van der Waals surface area contributed by atoms with Crippen molar-refractivity contribution in [2.45, 2.75) is 26.7 Å². The van der Waals surface area contributed by atoms with Gasteiger partial charge in [-0.2, -0.15) is 0 Å². The molecule has 0 aliphatic rings. The summed E-state index contributed by atoms with van der Waals surface area (Å²) in [6.45, 7) is 5.17. The van der Waals surface area contributed by atoms with Crippen LogP contribution in [0.3, 0.4) is 0 Å². The Balaban J connectivity index is 1.84. The van der Waals surface area contributed by atoms with E-state index < -0.39 is 0 Å². The van der Waals surface area contributed by atoms with Gasteiger partial charge in [0.1, 0.15) is 11.5 Å². The van der Waals surface area contributed by atoms with Crippen LogP contribution in [0.1, 0.15) is 25.5 Å². The lowest BCUT2D eigenvalue weighted by Crippen LogP contribution is -2.36. The molecule has 146 valence electrons. The Morgan fingerprint density at radius 1 is 1.19 bits per heavy atom. The van der Waals surface area contributed by atoms with Gasteiger partial charge in [-0.3, -0.25) is 14.5 Å². The average molecular weight is 374 g/mol. The van der Waals surface area contributed by atoms with E-state index in [0.717, 1.165) is 13.0 Å². The first-order valence-electron chi connectivity index (χ1n) is 8.90. The Morgan fingerprint density at radius 2 is 1.96 bits per heavy atom. The Kier molecular flexibility index (Phi) is 7.81. The molecule has 0 aliphatic carbocycles. The molecule has 1 aromatic carbocycles. The minimum absolute atomic E-state index is 0.152. The third-order valence-electron chi connectivity index (χ3n) is 3.84. The van der Waals surface area contributed by atoms with Crippen molar-refractivity contribution in [1.29, 1.82) is 0 Å². The third kappa shape index (κ3) is 6.74. The number of carbonyl (C=O) groups is 2. The number of hydrogen-bond acceptors (Lipinski definition) is 6. The van der Waals surface area contributed by atoms with Gasteiger partial charge in [0.25, 0.3) is 0 Å². The largest absolute Gasteiger partial charge is 0.495 e. The van der Waals surface area contributed by atoms with Gasteiger partial charge in [-0.05, 0) is 32.0 Å². The molecule has 8 heteroatoms. The smallest absolute Gasteiger partial charge is 0.238 e. The number of rotatable bonds is 10. The summed E-state index contributed by atoms with van der Waals surface area (Å²) in [5, 5.41) is 9.27. The zero-order valence-corrected chi connectivity index (χ0v) is 15.9. The Labute approximate surface area is 158 Å². The molecule has 0 saturated heterocycles. The molecule has 0 atom stereocenters. The van der Waals surface area contributed by atoms with E-state index >= 15 is 0 Å². The van der Waals surface area contributed by atoms with Gasteiger partial charge in [0.2, 0.25) is 11.8 Å². The maximum atomic E-state index is 12.4. The summed E-state index contributed by atoms with van der Waals surface area (Å²) in [4.78, 5) is 26.4. The number of methoxy groups -OCH3 is 1. The number of carbonyl (C=O) groups excluding carboxylic acids is 2. The van der Waals surface area contributed by atoms with Crippen molar-refractivity contribution in [3.63, 3.8) is 0 Å². The first kappa shape index (κ1) is 20.4. The van der Waals surface area contributed by atoms with Gasteiger partial charge < -0.3 is 19.9 Å². The van der Waals surface area contributed by atoms with Crippen LogP contribution < -0.4 is 15.4 Å². The molecule has 0 radical (unpaired) electrons. The van der Waals surface area contributed by atoms with Crippen molar-refractivity contribution in [1.82, 2.24) is 10.1 Å². The molecule has 1 heterocycles. The average Bonchev–Trinajstić information content (AvgIpc) is 3.05. The summed E-state index contributed by atoms with van der Waals surface area (Å²) in [5.74, 6) is 1.31. The van der Waals surface area contributed by atoms with E-state index in [1.807, 2.05) is 24.0 Å². The zero-order valence-electron chi connectivity index (χ0n) is 15.9. The second-order valence-corrected chi connectivity index (χ2v) is 6.15. The first-order valence-corrected chi connectivity index (χ1v) is 8.90. The third-order valence-corrected chi connectivity index (χ3v) is 3.84. The molecule has 2 amide bonds. The van der Waals surface area contributed by atoms with Gasteiger partial charge in [0.15, 0.2) is 5.82 Å². The molecule has 1 aromatic heterocycles. The van der Waals surface area contributed by atoms with Gasteiger partial charge >= 0.3 is 0 Å². The molecule has 0 unspecified atom stereocenters. The van der Waals surface area contributed by atoms with Gasteiger partial charge in [-0.15, -0.1) is 0 Å². The highest BCUT2D eigenvalue weighted by atomic mass is 16.5. The Bertz CT molecular complexity index is 760. The first-order chi connectivity index (χ1) is 13.0. The number of aromatic nitrogens is 1. The van der Waals surface area contributed by atoms with E-state index in [4.69, 9.17) is 9.26 Å². The van der Waals surface area contributed by atoms with E-state index in [0.29, 0.717) is 29.6 Å². The lowest BCUT2D eigenvalue weighted by molar-refractivity contribution is -0.119. The number of benzene rings is 1. The highest BCUT2D eigenvalue weighted by molar-refractivity contribution is 5.94. The Hall–Kier alpha value is -2.87. The van der Waals surface area contributed by atoms with Gasteiger partial charge in [-0.25, -0.2) is 0 Å². The topological polar surface area (TPSA) is 96.7 Å². The molecule has 0 fully saturated rings. The van der Waals surface area contributed by atoms with Crippen LogP contribution >= 0.6 is 0 Å². The summed E-state index contributed by atoms with van der Waals surface area (Å²) < 4.78 is 10.2. The fraction of sp³-hybridized carbons (Fsp3) is 0.421. The molecule has 2 rings (SSSR count). The predicted molar refractivity (Wildman–Crippen MR) is 103 cm³/mol. The van der Waals surface area contributed by atoms with E-state index in [-0.39, 0.29) is 24.8 Å². The van der Waals surface area contributed by atoms with Crippen LogP contribution in [-0.4, -0.2) is 48.6 Å². The fourth-order valence-corrected chi connectivity index (χ4v) is 2.62. The number of para-hydroxylation sites is 2. The lowest BCUT2D eigenvalue weighted by Gasteiger charge is -2.21. The van der Waals surface area contributed by atoms with Crippen molar-refractivity contribution in [2.75, 3.05) is 37.4 Å². The van der Waals surface area contributed by atoms with Crippen LogP contribution in [0.25, 0.3) is 0 Å². The van der Waals surface area contributed by atoms with Crippen LogP contribution in [0.4, 0.5) is 11.5 Å². The molecule has 2 N–H and O–H groups in total. The zero-order chi connectivity index (χ0) is 19.6. The molecule has 0 bridgehead atoms. The second kappa shape index (κ2) is 10.3. The molecule has 0 aliphatic heterocycles. The maximum absolute atomic E-state index is 12.4. The van der Waals surface area contributed by atoms with E-state index in [1.54, 1.807) is 32.2 Å². The van der Waals surface area contributed by atoms with Crippen LogP contribution in [0.2, 0.25) is 0 Å². The summed E-state index contributed by atoms with van der Waals surface area (Å²) in [6, 6.07) is 8.90. The molecule has 0 saturated carbocycles. The van der Waals surface area contributed by atoms with Gasteiger partial charge in [-0.1, -0.05) is 24.2 Å². The van der Waals surface area contributed by atoms with Crippen LogP contribution in [0.5, 0.6) is 5.75 Å². The van der Waals surface area contributed by atoms with Crippen LogP contribution in [-0.2, 0) is 9.59 Å². The van der Waals surface area contributed by atoms with Crippen molar-refractivity contribution in [3.8, 4) is 5.75 Å². The maximum Gasteiger partial charge on any atom is 0.238 e. The SMILES string of the molecule is CCCN(CCC(=O)Nc1cc(C)on1)CC(=O)Nc1ccccc1OC. The van der Waals surface area contributed by atoms with Crippen LogP contribution in [0, 0.1) is 6.92 Å². The molecule has 2 aromatic rings. The number of aryl methyl sites for hydroxylation is 1. The molecule has 0 spiro atoms. The van der Waals surface area contributed by atoms with Gasteiger partial charge in [0, 0.05) is 19.0 Å². The summed E-state index contributed by atoms with van der Waals surface area (Å²) in [5.41, 5.74) is 0.626. The van der Waals surface area contributed by atoms with Crippen molar-refractivity contribution < 1.29 is 18.8 Å². The molecule has 8 nitrogen and oxygen atoms in total. The van der Waals surface area contributed by atoms with Crippen molar-refractivity contribution >= 4 is 23.3 Å². The molecule has 27 heavy (non-hydrogen) atoms. The highest BCUT2D eigenvalue weighted by Crippen LogP contribution is 2.22. The standard InChI is InChI=1S/C19H26N4O4/c1-4-10-23(11-9-18(24)21-17-12-14(2)27-22-17)13-19(25)20-15-7-5-6-8-16(15)26-3/h5-8,12H,4,9-11,13H2,1-3H3,(H,20,25)(H,21,22,24). The highest BCUT2D eigenvalue weighted by Gasteiger charge is 2.14.